The van der Waals surface area contributed by atoms with Gasteiger partial charge >= 0.3 is 12.0 Å². The SMILES string of the molecule is Cc1cc([N+](=O)[O-])nn1C[C@H](C)C(=O)N1N=CC[C@@]1(O)C(F)(F)F. The second kappa shape index (κ2) is 5.85. The lowest BCUT2D eigenvalue weighted by molar-refractivity contribution is -0.389. The van der Waals surface area contributed by atoms with Crippen LogP contribution in [0, 0.1) is 23.0 Å². The lowest BCUT2D eigenvalue weighted by atomic mass is 10.1. The number of rotatable bonds is 4. The first-order valence-corrected chi connectivity index (χ1v) is 6.82. The van der Waals surface area contributed by atoms with Gasteiger partial charge in [-0.05, 0) is 11.8 Å². The van der Waals surface area contributed by atoms with Crippen LogP contribution in [0.1, 0.15) is 19.0 Å². The third-order valence-electron chi connectivity index (χ3n) is 3.61. The van der Waals surface area contributed by atoms with Crippen LogP contribution in [0.4, 0.5) is 19.0 Å². The molecule has 0 spiro atoms. The Morgan fingerprint density at radius 2 is 2.21 bits per heavy atom. The molecule has 1 amide bonds. The molecule has 1 aliphatic rings. The number of hydrazone groups is 1. The maximum absolute atomic E-state index is 13.0. The van der Waals surface area contributed by atoms with Gasteiger partial charge in [0.15, 0.2) is 0 Å². The van der Waals surface area contributed by atoms with E-state index in [1.165, 1.54) is 19.9 Å². The fourth-order valence-electron chi connectivity index (χ4n) is 2.22. The van der Waals surface area contributed by atoms with Gasteiger partial charge in [0, 0.05) is 12.6 Å². The quantitative estimate of drug-likeness (QED) is 0.648. The Balaban J connectivity index is 2.18. The van der Waals surface area contributed by atoms with Gasteiger partial charge in [-0.15, -0.1) is 0 Å². The van der Waals surface area contributed by atoms with Crippen LogP contribution in [0.25, 0.3) is 0 Å². The molecule has 0 bridgehead atoms. The number of alkyl halides is 3. The Labute approximate surface area is 133 Å². The Morgan fingerprint density at radius 3 is 2.71 bits per heavy atom. The van der Waals surface area contributed by atoms with E-state index in [-0.39, 0.29) is 11.6 Å². The minimum Gasteiger partial charge on any atom is -0.362 e. The molecule has 0 unspecified atom stereocenters. The molecule has 1 N–H and O–H groups in total. The van der Waals surface area contributed by atoms with Crippen molar-refractivity contribution in [1.29, 1.82) is 0 Å². The summed E-state index contributed by atoms with van der Waals surface area (Å²) in [6.07, 6.45) is -5.12. The fraction of sp³-hybridized carbons (Fsp3) is 0.583. The molecule has 2 atom stereocenters. The topological polar surface area (TPSA) is 114 Å². The van der Waals surface area contributed by atoms with Crippen LogP contribution in [0.5, 0.6) is 0 Å². The summed E-state index contributed by atoms with van der Waals surface area (Å²) in [5.41, 5.74) is -3.01. The van der Waals surface area contributed by atoms with Gasteiger partial charge < -0.3 is 15.2 Å². The van der Waals surface area contributed by atoms with Gasteiger partial charge in [-0.25, -0.2) is 0 Å². The molecule has 0 radical (unpaired) electrons. The molecule has 132 valence electrons. The zero-order valence-corrected chi connectivity index (χ0v) is 12.7. The average Bonchev–Trinajstić information content (AvgIpc) is 3.02. The van der Waals surface area contributed by atoms with E-state index in [9.17, 15) is 33.2 Å². The standard InChI is InChI=1S/C12H14F3N5O4/c1-7(6-18-8(2)5-9(17-18)20(23)24)10(21)19-11(22,3-4-16-19)12(13,14)15/h4-5,7,22H,3,6H2,1-2H3/t7-,11+/m0/s1. The van der Waals surface area contributed by atoms with Gasteiger partial charge in [0.2, 0.25) is 5.91 Å². The van der Waals surface area contributed by atoms with Crippen molar-refractivity contribution in [2.45, 2.75) is 38.7 Å². The summed E-state index contributed by atoms with van der Waals surface area (Å²) in [7, 11) is 0. The molecule has 1 aromatic heterocycles. The highest BCUT2D eigenvalue weighted by atomic mass is 19.4. The highest BCUT2D eigenvalue weighted by Crippen LogP contribution is 2.39. The smallest absolute Gasteiger partial charge is 0.362 e. The number of hydrogen-bond acceptors (Lipinski definition) is 6. The number of aryl methyl sites for hydroxylation is 1. The molecule has 9 nitrogen and oxygen atoms in total. The molecule has 0 aliphatic carbocycles. The van der Waals surface area contributed by atoms with Crippen molar-refractivity contribution in [1.82, 2.24) is 14.8 Å². The molecular formula is C12H14F3N5O4. The van der Waals surface area contributed by atoms with Crippen molar-refractivity contribution in [3.05, 3.63) is 21.9 Å². The molecule has 0 saturated heterocycles. The normalized spacial score (nSPS) is 22.0. The van der Waals surface area contributed by atoms with Crippen LogP contribution in [0.3, 0.4) is 0 Å². The molecule has 12 heteroatoms. The van der Waals surface area contributed by atoms with Crippen molar-refractivity contribution in [2.24, 2.45) is 11.0 Å². The highest BCUT2D eigenvalue weighted by molar-refractivity contribution is 5.82. The number of halogens is 3. The Kier molecular flexibility index (Phi) is 4.35. The molecule has 0 saturated carbocycles. The number of nitro groups is 1. The van der Waals surface area contributed by atoms with Crippen molar-refractivity contribution < 1.29 is 28.0 Å². The summed E-state index contributed by atoms with van der Waals surface area (Å²) in [4.78, 5) is 22.2. The van der Waals surface area contributed by atoms with Crippen molar-refractivity contribution in [3.63, 3.8) is 0 Å². The van der Waals surface area contributed by atoms with E-state index in [1.807, 2.05) is 0 Å². The molecule has 1 aliphatic heterocycles. The average molecular weight is 349 g/mol. The van der Waals surface area contributed by atoms with Gasteiger partial charge in [-0.1, -0.05) is 6.92 Å². The molecule has 2 heterocycles. The molecule has 2 rings (SSSR count). The number of aromatic nitrogens is 2. The zero-order chi connectivity index (χ0) is 18.3. The van der Waals surface area contributed by atoms with E-state index in [0.717, 1.165) is 10.9 Å². The van der Waals surface area contributed by atoms with Gasteiger partial charge in [0.05, 0.1) is 29.3 Å². The van der Waals surface area contributed by atoms with Gasteiger partial charge in [0.25, 0.3) is 5.72 Å². The Hall–Kier alpha value is -2.50. The second-order valence-electron chi connectivity index (χ2n) is 5.45. The first kappa shape index (κ1) is 17.8. The first-order valence-electron chi connectivity index (χ1n) is 6.82. The van der Waals surface area contributed by atoms with E-state index in [0.29, 0.717) is 5.69 Å². The van der Waals surface area contributed by atoms with Crippen LogP contribution in [0.15, 0.2) is 11.2 Å². The maximum atomic E-state index is 13.0. The van der Waals surface area contributed by atoms with Crippen molar-refractivity contribution >= 4 is 17.9 Å². The van der Waals surface area contributed by atoms with Crippen molar-refractivity contribution in [2.75, 3.05) is 0 Å². The van der Waals surface area contributed by atoms with E-state index in [1.54, 1.807) is 0 Å². The summed E-state index contributed by atoms with van der Waals surface area (Å²) in [5, 5.41) is 27.4. The van der Waals surface area contributed by atoms with Gasteiger partial charge in [-0.3, -0.25) is 4.79 Å². The molecule has 0 aromatic carbocycles. The largest absolute Gasteiger partial charge is 0.438 e. The van der Waals surface area contributed by atoms with Crippen LogP contribution < -0.4 is 0 Å². The van der Waals surface area contributed by atoms with Gasteiger partial charge in [0.1, 0.15) is 0 Å². The zero-order valence-electron chi connectivity index (χ0n) is 12.7. The predicted molar refractivity (Wildman–Crippen MR) is 73.7 cm³/mol. The van der Waals surface area contributed by atoms with E-state index >= 15 is 0 Å². The molecule has 24 heavy (non-hydrogen) atoms. The monoisotopic (exact) mass is 349 g/mol. The summed E-state index contributed by atoms with van der Waals surface area (Å²) in [6.45, 7) is 2.63. The Morgan fingerprint density at radius 1 is 1.58 bits per heavy atom. The molecule has 0 fully saturated rings. The van der Waals surface area contributed by atoms with E-state index in [4.69, 9.17) is 0 Å². The minimum atomic E-state index is -5.07. The predicted octanol–water partition coefficient (Wildman–Crippen LogP) is 1.20. The second-order valence-corrected chi connectivity index (χ2v) is 5.45. The van der Waals surface area contributed by atoms with E-state index in [2.05, 4.69) is 10.2 Å². The molecular weight excluding hydrogens is 335 g/mol. The summed E-state index contributed by atoms with van der Waals surface area (Å²) in [6, 6.07) is 1.18. The Bertz CT molecular complexity index is 701. The highest BCUT2D eigenvalue weighted by Gasteiger charge is 2.61. The summed E-state index contributed by atoms with van der Waals surface area (Å²) in [5.74, 6) is -2.55. The third kappa shape index (κ3) is 2.96. The number of hydrogen-bond donors (Lipinski definition) is 1. The van der Waals surface area contributed by atoms with Gasteiger partial charge in [-0.2, -0.15) is 28.0 Å². The van der Waals surface area contributed by atoms with Crippen molar-refractivity contribution in [3.8, 4) is 0 Å². The summed E-state index contributed by atoms with van der Waals surface area (Å²) < 4.78 is 40.1. The third-order valence-corrected chi connectivity index (χ3v) is 3.61. The number of nitrogens with zero attached hydrogens (tertiary/aromatic N) is 5. The van der Waals surface area contributed by atoms with Crippen LogP contribution >= 0.6 is 0 Å². The van der Waals surface area contributed by atoms with Crippen LogP contribution in [-0.2, 0) is 11.3 Å². The lowest BCUT2D eigenvalue weighted by Crippen LogP contribution is -2.57. The summed E-state index contributed by atoms with van der Waals surface area (Å²) >= 11 is 0. The fourth-order valence-corrected chi connectivity index (χ4v) is 2.22. The number of amides is 1. The lowest BCUT2D eigenvalue weighted by Gasteiger charge is -2.33. The molecule has 1 aromatic rings. The van der Waals surface area contributed by atoms with E-state index < -0.39 is 40.9 Å². The minimum absolute atomic E-state index is 0.00487. The van der Waals surface area contributed by atoms with Crippen LogP contribution in [0.2, 0.25) is 0 Å². The number of aliphatic hydroxyl groups is 1. The number of carbonyl (C=O) groups excluding carboxylic acids is 1. The maximum Gasteiger partial charge on any atom is 0.438 e. The number of carbonyl (C=O) groups is 1. The first-order chi connectivity index (χ1) is 11.0. The van der Waals surface area contributed by atoms with Crippen LogP contribution in [-0.4, -0.2) is 48.8 Å².